The average molecular weight is 259 g/mol. The van der Waals surface area contributed by atoms with Gasteiger partial charge in [-0.2, -0.15) is 5.10 Å². The second-order valence-electron chi connectivity index (χ2n) is 4.74. The number of aromatic nitrogens is 2. The molecule has 1 fully saturated rings. The minimum atomic E-state index is 0.508. The van der Waals surface area contributed by atoms with Crippen molar-refractivity contribution < 1.29 is 9.47 Å². The second-order valence-corrected chi connectivity index (χ2v) is 4.74. The first-order valence-electron chi connectivity index (χ1n) is 6.30. The van der Waals surface area contributed by atoms with Crippen LogP contribution in [0.15, 0.2) is 18.2 Å². The third-order valence-corrected chi connectivity index (χ3v) is 3.48. The Kier molecular flexibility index (Phi) is 2.81. The Morgan fingerprint density at radius 1 is 1.26 bits per heavy atom. The van der Waals surface area contributed by atoms with Gasteiger partial charge < -0.3 is 15.2 Å². The molecule has 1 aromatic heterocycles. The SMILES string of the molecule is COc1ccc(OC)c(-c2c(N)n[nH]c2C2CC2)c1. The van der Waals surface area contributed by atoms with Crippen LogP contribution in [-0.4, -0.2) is 24.4 Å². The highest BCUT2D eigenvalue weighted by Gasteiger charge is 2.30. The zero-order valence-corrected chi connectivity index (χ0v) is 11.1. The van der Waals surface area contributed by atoms with E-state index in [4.69, 9.17) is 15.2 Å². The standard InChI is InChI=1S/C14H17N3O2/c1-18-9-5-6-11(19-2)10(7-9)12-13(8-3-4-8)16-17-14(12)15/h5-8H,3-4H2,1-2H3,(H3,15,16,17). The van der Waals surface area contributed by atoms with Gasteiger partial charge in [0.1, 0.15) is 11.5 Å². The Hall–Kier alpha value is -2.17. The predicted octanol–water partition coefficient (Wildman–Crippen LogP) is 2.55. The second kappa shape index (κ2) is 4.50. The fourth-order valence-corrected chi connectivity index (χ4v) is 2.33. The molecule has 5 heteroatoms. The summed E-state index contributed by atoms with van der Waals surface area (Å²) in [6, 6.07) is 5.69. The maximum atomic E-state index is 6.02. The Morgan fingerprint density at radius 3 is 2.68 bits per heavy atom. The highest BCUT2D eigenvalue weighted by Crippen LogP contribution is 2.47. The molecule has 2 aromatic rings. The first-order valence-corrected chi connectivity index (χ1v) is 6.30. The fraction of sp³-hybridized carbons (Fsp3) is 0.357. The van der Waals surface area contributed by atoms with Crippen LogP contribution in [0, 0.1) is 0 Å². The zero-order valence-electron chi connectivity index (χ0n) is 11.1. The van der Waals surface area contributed by atoms with Crippen LogP contribution >= 0.6 is 0 Å². The third kappa shape index (κ3) is 2.01. The minimum Gasteiger partial charge on any atom is -0.497 e. The van der Waals surface area contributed by atoms with Crippen molar-refractivity contribution in [2.75, 3.05) is 20.0 Å². The number of hydrogen-bond acceptors (Lipinski definition) is 4. The van der Waals surface area contributed by atoms with Crippen LogP contribution in [0.3, 0.4) is 0 Å². The smallest absolute Gasteiger partial charge is 0.153 e. The molecule has 1 heterocycles. The van der Waals surface area contributed by atoms with Gasteiger partial charge in [-0.1, -0.05) is 0 Å². The number of nitrogens with zero attached hydrogens (tertiary/aromatic N) is 1. The predicted molar refractivity (Wildman–Crippen MR) is 73.5 cm³/mol. The van der Waals surface area contributed by atoms with Gasteiger partial charge in [0.25, 0.3) is 0 Å². The van der Waals surface area contributed by atoms with E-state index in [0.717, 1.165) is 28.3 Å². The van der Waals surface area contributed by atoms with Gasteiger partial charge in [-0.05, 0) is 31.0 Å². The van der Waals surface area contributed by atoms with Crippen molar-refractivity contribution in [2.24, 2.45) is 0 Å². The lowest BCUT2D eigenvalue weighted by atomic mass is 10.0. The Bertz CT molecular complexity index is 603. The molecular formula is C14H17N3O2. The molecule has 3 N–H and O–H groups in total. The fourth-order valence-electron chi connectivity index (χ4n) is 2.33. The molecule has 0 aliphatic heterocycles. The van der Waals surface area contributed by atoms with Crippen molar-refractivity contribution in [2.45, 2.75) is 18.8 Å². The summed E-state index contributed by atoms with van der Waals surface area (Å²) in [4.78, 5) is 0. The van der Waals surface area contributed by atoms with Gasteiger partial charge in [-0.25, -0.2) is 0 Å². The van der Waals surface area contributed by atoms with E-state index >= 15 is 0 Å². The van der Waals surface area contributed by atoms with E-state index in [2.05, 4.69) is 10.2 Å². The van der Waals surface area contributed by atoms with Gasteiger partial charge in [0.05, 0.1) is 19.8 Å². The largest absolute Gasteiger partial charge is 0.497 e. The number of nitrogens with one attached hydrogen (secondary N) is 1. The molecule has 1 aliphatic rings. The molecule has 1 saturated carbocycles. The normalized spacial score (nSPS) is 14.4. The summed E-state index contributed by atoms with van der Waals surface area (Å²) in [5.41, 5.74) is 8.99. The van der Waals surface area contributed by atoms with Crippen molar-refractivity contribution in [3.05, 3.63) is 23.9 Å². The summed E-state index contributed by atoms with van der Waals surface area (Å²) in [5.74, 6) is 2.60. The molecule has 0 unspecified atom stereocenters. The van der Waals surface area contributed by atoms with Crippen LogP contribution in [0.2, 0.25) is 0 Å². The molecule has 0 amide bonds. The molecule has 0 saturated heterocycles. The monoisotopic (exact) mass is 259 g/mol. The maximum Gasteiger partial charge on any atom is 0.153 e. The van der Waals surface area contributed by atoms with Gasteiger partial charge in [0, 0.05) is 17.2 Å². The molecular weight excluding hydrogens is 242 g/mol. The maximum absolute atomic E-state index is 6.02. The molecule has 5 nitrogen and oxygen atoms in total. The van der Waals surface area contributed by atoms with Crippen LogP contribution in [0.25, 0.3) is 11.1 Å². The summed E-state index contributed by atoms with van der Waals surface area (Å²) in [6.07, 6.45) is 2.36. The highest BCUT2D eigenvalue weighted by molar-refractivity contribution is 5.82. The summed E-state index contributed by atoms with van der Waals surface area (Å²) in [5, 5.41) is 7.19. The number of nitrogens with two attached hydrogens (primary N) is 1. The molecule has 0 bridgehead atoms. The van der Waals surface area contributed by atoms with Gasteiger partial charge >= 0.3 is 0 Å². The number of H-pyrrole nitrogens is 1. The summed E-state index contributed by atoms with van der Waals surface area (Å²) < 4.78 is 10.7. The Balaban J connectivity index is 2.17. The van der Waals surface area contributed by atoms with Crippen LogP contribution in [0.4, 0.5) is 5.82 Å². The van der Waals surface area contributed by atoms with Crippen molar-refractivity contribution >= 4 is 5.82 Å². The van der Waals surface area contributed by atoms with E-state index in [9.17, 15) is 0 Å². The molecule has 1 aromatic carbocycles. The number of hydrogen-bond donors (Lipinski definition) is 2. The number of anilines is 1. The summed E-state index contributed by atoms with van der Waals surface area (Å²) in [6.45, 7) is 0. The Labute approximate surface area is 111 Å². The molecule has 3 rings (SSSR count). The van der Waals surface area contributed by atoms with E-state index < -0.39 is 0 Å². The van der Waals surface area contributed by atoms with Crippen LogP contribution in [0.5, 0.6) is 11.5 Å². The molecule has 0 radical (unpaired) electrons. The van der Waals surface area contributed by atoms with Crippen LogP contribution < -0.4 is 15.2 Å². The number of rotatable bonds is 4. The lowest BCUT2D eigenvalue weighted by Crippen LogP contribution is -1.94. The lowest BCUT2D eigenvalue weighted by molar-refractivity contribution is 0.404. The summed E-state index contributed by atoms with van der Waals surface area (Å²) in [7, 11) is 3.30. The third-order valence-electron chi connectivity index (χ3n) is 3.48. The van der Waals surface area contributed by atoms with Crippen molar-refractivity contribution in [1.29, 1.82) is 0 Å². The minimum absolute atomic E-state index is 0.508. The van der Waals surface area contributed by atoms with Gasteiger partial charge in [0.15, 0.2) is 5.82 Å². The highest BCUT2D eigenvalue weighted by atomic mass is 16.5. The summed E-state index contributed by atoms with van der Waals surface area (Å²) >= 11 is 0. The molecule has 100 valence electrons. The van der Waals surface area contributed by atoms with Crippen molar-refractivity contribution in [3.8, 4) is 22.6 Å². The topological polar surface area (TPSA) is 73.2 Å². The zero-order chi connectivity index (χ0) is 13.4. The molecule has 1 aliphatic carbocycles. The van der Waals surface area contributed by atoms with Crippen LogP contribution in [0.1, 0.15) is 24.5 Å². The first kappa shape index (κ1) is 11.9. The lowest BCUT2D eigenvalue weighted by Gasteiger charge is -2.11. The van der Waals surface area contributed by atoms with E-state index in [1.807, 2.05) is 18.2 Å². The quantitative estimate of drug-likeness (QED) is 0.885. The molecule has 19 heavy (non-hydrogen) atoms. The Morgan fingerprint density at radius 2 is 2.05 bits per heavy atom. The number of methoxy groups -OCH3 is 2. The van der Waals surface area contributed by atoms with E-state index in [1.54, 1.807) is 14.2 Å². The van der Waals surface area contributed by atoms with Gasteiger partial charge in [-0.3, -0.25) is 5.10 Å². The number of aromatic amines is 1. The molecule has 0 spiro atoms. The van der Waals surface area contributed by atoms with Crippen molar-refractivity contribution in [3.63, 3.8) is 0 Å². The van der Waals surface area contributed by atoms with Crippen molar-refractivity contribution in [1.82, 2.24) is 10.2 Å². The average Bonchev–Trinajstić information content (AvgIpc) is 3.21. The van der Waals surface area contributed by atoms with Gasteiger partial charge in [0.2, 0.25) is 0 Å². The number of benzene rings is 1. The van der Waals surface area contributed by atoms with E-state index in [-0.39, 0.29) is 0 Å². The number of nitrogen functional groups attached to an aromatic ring is 1. The molecule has 0 atom stereocenters. The van der Waals surface area contributed by atoms with Crippen LogP contribution in [-0.2, 0) is 0 Å². The van der Waals surface area contributed by atoms with E-state index in [0.29, 0.717) is 11.7 Å². The van der Waals surface area contributed by atoms with E-state index in [1.165, 1.54) is 12.8 Å². The van der Waals surface area contributed by atoms with Gasteiger partial charge in [-0.15, -0.1) is 0 Å². The number of ether oxygens (including phenoxy) is 2. The first-order chi connectivity index (χ1) is 9.24.